The van der Waals surface area contributed by atoms with Gasteiger partial charge in [0.25, 0.3) is 5.91 Å². The summed E-state index contributed by atoms with van der Waals surface area (Å²) < 4.78 is 4.98. The molecule has 1 aromatic heterocycles. The van der Waals surface area contributed by atoms with Gasteiger partial charge in [0.15, 0.2) is 0 Å². The lowest BCUT2D eigenvalue weighted by atomic mass is 9.99. The van der Waals surface area contributed by atoms with Crippen LogP contribution in [0.4, 0.5) is 0 Å². The minimum atomic E-state index is -0.960. The Morgan fingerprint density at radius 3 is 2.56 bits per heavy atom. The van der Waals surface area contributed by atoms with Crippen molar-refractivity contribution < 1.29 is 19.2 Å². The first kappa shape index (κ1) is 14.2. The summed E-state index contributed by atoms with van der Waals surface area (Å²) in [5, 5.41) is 15.2. The smallest absolute Gasteiger partial charge is 0.305 e. The van der Waals surface area contributed by atoms with Crippen LogP contribution in [0.15, 0.2) is 4.52 Å². The molecule has 6 nitrogen and oxygen atoms in total. The molecule has 1 rings (SSSR count). The van der Waals surface area contributed by atoms with Crippen molar-refractivity contribution in [1.82, 2.24) is 10.5 Å². The second kappa shape index (κ2) is 5.20. The van der Waals surface area contributed by atoms with Crippen molar-refractivity contribution in [1.29, 1.82) is 0 Å². The van der Waals surface area contributed by atoms with Crippen molar-refractivity contribution in [2.45, 2.75) is 46.1 Å². The number of nitrogens with one attached hydrogen (secondary N) is 1. The highest BCUT2D eigenvalue weighted by Crippen LogP contribution is 2.16. The zero-order chi connectivity index (χ0) is 13.9. The van der Waals surface area contributed by atoms with Gasteiger partial charge >= 0.3 is 5.97 Å². The van der Waals surface area contributed by atoms with Gasteiger partial charge in [-0.25, -0.2) is 0 Å². The average Bonchev–Trinajstić information content (AvgIpc) is 2.56. The Morgan fingerprint density at radius 1 is 1.44 bits per heavy atom. The SMILES string of the molecule is CCc1noc(C)c1C(=O)NC(C)(C)CC(=O)O. The number of hydrogen-bond donors (Lipinski definition) is 2. The summed E-state index contributed by atoms with van der Waals surface area (Å²) in [5.41, 5.74) is 0.157. The number of aliphatic carboxylic acids is 1. The number of aryl methyl sites for hydroxylation is 2. The van der Waals surface area contributed by atoms with Gasteiger partial charge in [-0.2, -0.15) is 0 Å². The van der Waals surface area contributed by atoms with Crippen LogP contribution >= 0.6 is 0 Å². The second-order valence-electron chi connectivity index (χ2n) is 4.82. The first-order chi connectivity index (χ1) is 8.26. The number of carboxylic acid groups (broad SMARTS) is 1. The maximum Gasteiger partial charge on any atom is 0.305 e. The highest BCUT2D eigenvalue weighted by atomic mass is 16.5. The molecule has 0 bridgehead atoms. The number of hydrogen-bond acceptors (Lipinski definition) is 4. The van der Waals surface area contributed by atoms with Gasteiger partial charge in [-0.05, 0) is 27.2 Å². The molecule has 0 saturated carbocycles. The van der Waals surface area contributed by atoms with Crippen molar-refractivity contribution in [2.24, 2.45) is 0 Å². The molecule has 0 aliphatic heterocycles. The van der Waals surface area contributed by atoms with E-state index >= 15 is 0 Å². The molecule has 0 spiro atoms. The fourth-order valence-corrected chi connectivity index (χ4v) is 1.74. The summed E-state index contributed by atoms with van der Waals surface area (Å²) in [6.45, 7) is 6.85. The van der Waals surface area contributed by atoms with Crippen molar-refractivity contribution >= 4 is 11.9 Å². The minimum Gasteiger partial charge on any atom is -0.481 e. The van der Waals surface area contributed by atoms with E-state index in [9.17, 15) is 9.59 Å². The monoisotopic (exact) mass is 254 g/mol. The molecule has 100 valence electrons. The average molecular weight is 254 g/mol. The summed E-state index contributed by atoms with van der Waals surface area (Å²) in [6, 6.07) is 0. The Kier molecular flexibility index (Phi) is 4.11. The van der Waals surface area contributed by atoms with Crippen LogP contribution in [0, 0.1) is 6.92 Å². The maximum atomic E-state index is 12.1. The van der Waals surface area contributed by atoms with E-state index in [1.54, 1.807) is 20.8 Å². The molecule has 1 amide bonds. The highest BCUT2D eigenvalue weighted by Gasteiger charge is 2.27. The topological polar surface area (TPSA) is 92.4 Å². The lowest BCUT2D eigenvalue weighted by Gasteiger charge is -2.24. The molecule has 0 saturated heterocycles. The third-order valence-electron chi connectivity index (χ3n) is 2.54. The van der Waals surface area contributed by atoms with Crippen LogP contribution in [0.5, 0.6) is 0 Å². The summed E-state index contributed by atoms with van der Waals surface area (Å²) in [5.74, 6) is -0.870. The molecule has 18 heavy (non-hydrogen) atoms. The molecular formula is C12H18N2O4. The van der Waals surface area contributed by atoms with E-state index < -0.39 is 11.5 Å². The van der Waals surface area contributed by atoms with Gasteiger partial charge in [0, 0.05) is 5.54 Å². The standard InChI is InChI=1S/C12H18N2O4/c1-5-8-10(7(2)18-14-8)11(17)13-12(3,4)6-9(15)16/h5-6H2,1-4H3,(H,13,17)(H,15,16). The minimum absolute atomic E-state index is 0.148. The Labute approximate surface area is 105 Å². The Hall–Kier alpha value is -1.85. The third kappa shape index (κ3) is 3.32. The lowest BCUT2D eigenvalue weighted by molar-refractivity contribution is -0.138. The van der Waals surface area contributed by atoms with Crippen LogP contribution in [0.1, 0.15) is 49.0 Å². The fourth-order valence-electron chi connectivity index (χ4n) is 1.74. The third-order valence-corrected chi connectivity index (χ3v) is 2.54. The molecule has 0 unspecified atom stereocenters. The predicted octanol–water partition coefficient (Wildman–Crippen LogP) is 1.53. The van der Waals surface area contributed by atoms with Gasteiger partial charge in [0.2, 0.25) is 0 Å². The number of aromatic nitrogens is 1. The number of nitrogens with zero attached hydrogens (tertiary/aromatic N) is 1. The zero-order valence-electron chi connectivity index (χ0n) is 11.0. The first-order valence-corrected chi connectivity index (χ1v) is 5.76. The fraction of sp³-hybridized carbons (Fsp3) is 0.583. The van der Waals surface area contributed by atoms with Gasteiger partial charge < -0.3 is 14.9 Å². The van der Waals surface area contributed by atoms with Crippen LogP contribution in [0.25, 0.3) is 0 Å². The maximum absolute atomic E-state index is 12.1. The van der Waals surface area contributed by atoms with Crippen molar-refractivity contribution in [3.8, 4) is 0 Å². The van der Waals surface area contributed by atoms with Crippen LogP contribution in [-0.4, -0.2) is 27.7 Å². The molecule has 6 heteroatoms. The van der Waals surface area contributed by atoms with Crippen molar-refractivity contribution in [3.63, 3.8) is 0 Å². The number of carboxylic acids is 1. The molecule has 1 aromatic rings. The van der Waals surface area contributed by atoms with Gasteiger partial charge in [-0.15, -0.1) is 0 Å². The number of rotatable bonds is 5. The van der Waals surface area contributed by atoms with Crippen LogP contribution < -0.4 is 5.32 Å². The van der Waals surface area contributed by atoms with E-state index in [0.717, 1.165) is 0 Å². The molecule has 0 aliphatic rings. The molecule has 0 radical (unpaired) electrons. The number of carbonyl (C=O) groups is 2. The summed E-state index contributed by atoms with van der Waals surface area (Å²) in [6.07, 6.45) is 0.435. The Bertz CT molecular complexity index is 463. The normalized spacial score (nSPS) is 11.3. The van der Waals surface area contributed by atoms with Gasteiger partial charge in [0.05, 0.1) is 12.1 Å². The zero-order valence-corrected chi connectivity index (χ0v) is 11.0. The summed E-state index contributed by atoms with van der Waals surface area (Å²) in [4.78, 5) is 22.8. The van der Waals surface area contributed by atoms with E-state index in [1.807, 2.05) is 6.92 Å². The van der Waals surface area contributed by atoms with Crippen molar-refractivity contribution in [3.05, 3.63) is 17.0 Å². The number of amides is 1. The largest absolute Gasteiger partial charge is 0.481 e. The van der Waals surface area contributed by atoms with Crippen LogP contribution in [0.2, 0.25) is 0 Å². The summed E-state index contributed by atoms with van der Waals surface area (Å²) in [7, 11) is 0. The molecule has 0 aliphatic carbocycles. The molecule has 0 fully saturated rings. The molecule has 2 N–H and O–H groups in total. The summed E-state index contributed by atoms with van der Waals surface area (Å²) >= 11 is 0. The van der Waals surface area contributed by atoms with E-state index in [4.69, 9.17) is 9.63 Å². The van der Waals surface area contributed by atoms with E-state index in [-0.39, 0.29) is 12.3 Å². The van der Waals surface area contributed by atoms with E-state index in [1.165, 1.54) is 0 Å². The number of carbonyl (C=O) groups excluding carboxylic acids is 1. The van der Waals surface area contributed by atoms with Crippen LogP contribution in [0.3, 0.4) is 0 Å². The quantitative estimate of drug-likeness (QED) is 0.831. The van der Waals surface area contributed by atoms with Gasteiger partial charge in [-0.1, -0.05) is 12.1 Å². The highest BCUT2D eigenvalue weighted by molar-refractivity contribution is 5.96. The Morgan fingerprint density at radius 2 is 2.06 bits per heavy atom. The predicted molar refractivity (Wildman–Crippen MR) is 64.4 cm³/mol. The Balaban J connectivity index is 2.88. The van der Waals surface area contributed by atoms with Crippen LogP contribution in [-0.2, 0) is 11.2 Å². The molecule has 0 aromatic carbocycles. The first-order valence-electron chi connectivity index (χ1n) is 5.76. The lowest BCUT2D eigenvalue weighted by Crippen LogP contribution is -2.45. The molecule has 1 heterocycles. The van der Waals surface area contributed by atoms with Gasteiger partial charge in [-0.3, -0.25) is 9.59 Å². The van der Waals surface area contributed by atoms with Gasteiger partial charge in [0.1, 0.15) is 11.3 Å². The van der Waals surface area contributed by atoms with E-state index in [2.05, 4.69) is 10.5 Å². The second-order valence-corrected chi connectivity index (χ2v) is 4.82. The van der Waals surface area contributed by atoms with Crippen molar-refractivity contribution in [2.75, 3.05) is 0 Å². The van der Waals surface area contributed by atoms with E-state index in [0.29, 0.717) is 23.4 Å². The molecule has 0 atom stereocenters. The molecular weight excluding hydrogens is 236 g/mol.